The Labute approximate surface area is 95.3 Å². The van der Waals surface area contributed by atoms with Crippen molar-refractivity contribution in [2.45, 2.75) is 26.3 Å². The highest BCUT2D eigenvalue weighted by Crippen LogP contribution is 2.19. The van der Waals surface area contributed by atoms with Crippen molar-refractivity contribution < 1.29 is 4.74 Å². The van der Waals surface area contributed by atoms with Crippen molar-refractivity contribution in [2.24, 2.45) is 0 Å². The predicted octanol–water partition coefficient (Wildman–Crippen LogP) is 2.20. The van der Waals surface area contributed by atoms with Gasteiger partial charge in [-0.3, -0.25) is 0 Å². The average molecular weight is 219 g/mol. The van der Waals surface area contributed by atoms with E-state index >= 15 is 0 Å². The van der Waals surface area contributed by atoms with Crippen molar-refractivity contribution in [3.8, 4) is 0 Å². The maximum atomic E-state index is 5.12. The van der Waals surface area contributed by atoms with Crippen LogP contribution in [0.15, 0.2) is 18.3 Å². The third-order valence-corrected chi connectivity index (χ3v) is 2.57. The van der Waals surface area contributed by atoms with E-state index in [2.05, 4.69) is 28.4 Å². The van der Waals surface area contributed by atoms with E-state index in [1.165, 1.54) is 0 Å². The standard InChI is InChI=1S/C12H17N3O/c1-9(2)11-14-10-5-4-6-13-12(10)15(11)7-8-16-3/h4-6,9H,7-8H2,1-3H3. The second-order valence-corrected chi connectivity index (χ2v) is 4.12. The minimum absolute atomic E-state index is 0.394. The molecule has 2 rings (SSSR count). The second kappa shape index (κ2) is 4.61. The van der Waals surface area contributed by atoms with Crippen LogP contribution in [0.2, 0.25) is 0 Å². The summed E-state index contributed by atoms with van der Waals surface area (Å²) in [6, 6.07) is 3.91. The minimum atomic E-state index is 0.394. The van der Waals surface area contributed by atoms with Gasteiger partial charge in [-0.2, -0.15) is 0 Å². The quantitative estimate of drug-likeness (QED) is 0.791. The highest BCUT2D eigenvalue weighted by atomic mass is 16.5. The first-order valence-corrected chi connectivity index (χ1v) is 5.54. The van der Waals surface area contributed by atoms with Crippen molar-refractivity contribution in [3.63, 3.8) is 0 Å². The Hall–Kier alpha value is -1.42. The van der Waals surface area contributed by atoms with Crippen LogP contribution < -0.4 is 0 Å². The highest BCUT2D eigenvalue weighted by molar-refractivity contribution is 5.71. The summed E-state index contributed by atoms with van der Waals surface area (Å²) < 4.78 is 7.26. The molecule has 0 N–H and O–H groups in total. The molecule has 0 fully saturated rings. The van der Waals surface area contributed by atoms with E-state index in [9.17, 15) is 0 Å². The molecule has 0 spiro atoms. The Balaban J connectivity index is 2.51. The molecular formula is C12H17N3O. The summed E-state index contributed by atoms with van der Waals surface area (Å²) in [4.78, 5) is 8.99. The molecule has 16 heavy (non-hydrogen) atoms. The topological polar surface area (TPSA) is 39.9 Å². The van der Waals surface area contributed by atoms with E-state index in [1.807, 2.05) is 12.1 Å². The monoisotopic (exact) mass is 219 g/mol. The van der Waals surface area contributed by atoms with Crippen LogP contribution in [0.3, 0.4) is 0 Å². The Kier molecular flexibility index (Phi) is 3.19. The normalized spacial score (nSPS) is 11.5. The first-order valence-electron chi connectivity index (χ1n) is 5.54. The fourth-order valence-electron chi connectivity index (χ4n) is 1.82. The van der Waals surface area contributed by atoms with Crippen molar-refractivity contribution in [1.82, 2.24) is 14.5 Å². The van der Waals surface area contributed by atoms with Gasteiger partial charge in [0.05, 0.1) is 6.61 Å². The molecule has 2 aromatic rings. The number of nitrogens with zero attached hydrogens (tertiary/aromatic N) is 3. The van der Waals surface area contributed by atoms with Gasteiger partial charge in [-0.15, -0.1) is 0 Å². The van der Waals surface area contributed by atoms with Crippen LogP contribution in [0.5, 0.6) is 0 Å². The summed E-state index contributed by atoms with van der Waals surface area (Å²) in [5.41, 5.74) is 1.91. The molecule has 2 aromatic heterocycles. The van der Waals surface area contributed by atoms with Gasteiger partial charge in [0.2, 0.25) is 0 Å². The van der Waals surface area contributed by atoms with Crippen LogP contribution >= 0.6 is 0 Å². The SMILES string of the molecule is COCCn1c(C(C)C)nc2cccnc21. The molecule has 0 aliphatic carbocycles. The molecule has 4 nitrogen and oxygen atoms in total. The van der Waals surface area contributed by atoms with Crippen LogP contribution in [-0.2, 0) is 11.3 Å². The van der Waals surface area contributed by atoms with Gasteiger partial charge >= 0.3 is 0 Å². The fourth-order valence-corrected chi connectivity index (χ4v) is 1.82. The first-order chi connectivity index (χ1) is 7.74. The first kappa shape index (κ1) is 11.1. The zero-order valence-corrected chi connectivity index (χ0v) is 9.97. The molecule has 0 aliphatic heterocycles. The van der Waals surface area contributed by atoms with E-state index in [0.29, 0.717) is 12.5 Å². The number of imidazole rings is 1. The number of hydrogen-bond acceptors (Lipinski definition) is 3. The van der Waals surface area contributed by atoms with Crippen molar-refractivity contribution >= 4 is 11.2 Å². The third kappa shape index (κ3) is 1.93. The van der Waals surface area contributed by atoms with E-state index in [4.69, 9.17) is 4.74 Å². The molecule has 0 unspecified atom stereocenters. The summed E-state index contributed by atoms with van der Waals surface area (Å²) in [5, 5.41) is 0. The van der Waals surface area contributed by atoms with E-state index in [0.717, 1.165) is 23.5 Å². The van der Waals surface area contributed by atoms with Gasteiger partial charge in [0.1, 0.15) is 11.3 Å². The lowest BCUT2D eigenvalue weighted by Crippen LogP contribution is -2.09. The van der Waals surface area contributed by atoms with Gasteiger partial charge in [-0.1, -0.05) is 13.8 Å². The van der Waals surface area contributed by atoms with Crippen LogP contribution in [-0.4, -0.2) is 28.3 Å². The van der Waals surface area contributed by atoms with E-state index in [1.54, 1.807) is 13.3 Å². The fraction of sp³-hybridized carbons (Fsp3) is 0.500. The smallest absolute Gasteiger partial charge is 0.160 e. The summed E-state index contributed by atoms with van der Waals surface area (Å²) in [5.74, 6) is 1.47. The number of pyridine rings is 1. The molecular weight excluding hydrogens is 202 g/mol. The number of methoxy groups -OCH3 is 1. The van der Waals surface area contributed by atoms with E-state index < -0.39 is 0 Å². The molecule has 0 aliphatic rings. The third-order valence-electron chi connectivity index (χ3n) is 2.57. The minimum Gasteiger partial charge on any atom is -0.383 e. The Morgan fingerprint density at radius 3 is 2.94 bits per heavy atom. The Morgan fingerprint density at radius 1 is 1.44 bits per heavy atom. The zero-order valence-electron chi connectivity index (χ0n) is 9.97. The largest absolute Gasteiger partial charge is 0.383 e. The van der Waals surface area contributed by atoms with Gasteiger partial charge in [-0.25, -0.2) is 9.97 Å². The van der Waals surface area contributed by atoms with Gasteiger partial charge in [0, 0.05) is 25.8 Å². The van der Waals surface area contributed by atoms with Crippen LogP contribution in [0.4, 0.5) is 0 Å². The molecule has 0 radical (unpaired) electrons. The van der Waals surface area contributed by atoms with Gasteiger partial charge < -0.3 is 9.30 Å². The maximum absolute atomic E-state index is 5.12. The number of rotatable bonds is 4. The molecule has 0 atom stereocenters. The number of aromatic nitrogens is 3. The highest BCUT2D eigenvalue weighted by Gasteiger charge is 2.13. The second-order valence-electron chi connectivity index (χ2n) is 4.12. The summed E-state index contributed by atoms with van der Waals surface area (Å²) in [6.07, 6.45) is 1.80. The Bertz CT molecular complexity index is 476. The molecule has 4 heteroatoms. The van der Waals surface area contributed by atoms with Crippen LogP contribution in [0, 0.1) is 0 Å². The summed E-state index contributed by atoms with van der Waals surface area (Å²) in [7, 11) is 1.71. The maximum Gasteiger partial charge on any atom is 0.160 e. The van der Waals surface area contributed by atoms with Gasteiger partial charge in [-0.05, 0) is 12.1 Å². The Morgan fingerprint density at radius 2 is 2.25 bits per heavy atom. The summed E-state index contributed by atoms with van der Waals surface area (Å²) >= 11 is 0. The summed E-state index contributed by atoms with van der Waals surface area (Å²) in [6.45, 7) is 5.77. The number of ether oxygens (including phenoxy) is 1. The van der Waals surface area contributed by atoms with E-state index in [-0.39, 0.29) is 0 Å². The zero-order chi connectivity index (χ0) is 11.5. The number of fused-ring (bicyclic) bond motifs is 1. The molecule has 0 amide bonds. The molecule has 86 valence electrons. The van der Waals surface area contributed by atoms with Crippen LogP contribution in [0.25, 0.3) is 11.2 Å². The average Bonchev–Trinajstić information content (AvgIpc) is 2.65. The predicted molar refractivity (Wildman–Crippen MR) is 63.5 cm³/mol. The molecule has 0 aromatic carbocycles. The lowest BCUT2D eigenvalue weighted by atomic mass is 10.2. The molecule has 0 saturated carbocycles. The van der Waals surface area contributed by atoms with Crippen LogP contribution in [0.1, 0.15) is 25.6 Å². The van der Waals surface area contributed by atoms with Gasteiger partial charge in [0.25, 0.3) is 0 Å². The molecule has 0 saturated heterocycles. The van der Waals surface area contributed by atoms with Crippen molar-refractivity contribution in [2.75, 3.05) is 13.7 Å². The van der Waals surface area contributed by atoms with Crippen molar-refractivity contribution in [1.29, 1.82) is 0 Å². The molecule has 0 bridgehead atoms. The number of hydrogen-bond donors (Lipinski definition) is 0. The molecule has 2 heterocycles. The van der Waals surface area contributed by atoms with Crippen molar-refractivity contribution in [3.05, 3.63) is 24.2 Å². The lowest BCUT2D eigenvalue weighted by molar-refractivity contribution is 0.187. The van der Waals surface area contributed by atoms with Gasteiger partial charge in [0.15, 0.2) is 5.65 Å². The lowest BCUT2D eigenvalue weighted by Gasteiger charge is -2.09.